The van der Waals surface area contributed by atoms with Crippen molar-refractivity contribution in [3.05, 3.63) is 50.3 Å². The topological polar surface area (TPSA) is 150 Å². The third-order valence-electron chi connectivity index (χ3n) is 2.72. The zero-order valence-corrected chi connectivity index (χ0v) is 12.0. The van der Waals surface area contributed by atoms with Crippen LogP contribution in [-0.4, -0.2) is 39.5 Å². The van der Waals surface area contributed by atoms with Crippen molar-refractivity contribution >= 4 is 12.1 Å². The minimum Gasteiger partial charge on any atom is -0.504 e. The molecule has 0 saturated heterocycles. The molecule has 1 aromatic heterocycles. The lowest BCUT2D eigenvalue weighted by molar-refractivity contribution is -0.120. The standard InChI is InChI=1S/C13H13N5O5/c1-23-10-4-7(2-3-9(10)19)6-14-17-11(20)5-8-12(21)15-13(22)18-16-8/h2-4,6,19H,5H2,1H3,(H,17,20)(H2,15,18,21,22)/b14-6+. The summed E-state index contributed by atoms with van der Waals surface area (Å²) in [5.74, 6) is -0.335. The fraction of sp³-hybridized carbons (Fsp3) is 0.154. The van der Waals surface area contributed by atoms with Crippen LogP contribution in [0.25, 0.3) is 0 Å². The highest BCUT2D eigenvalue weighted by atomic mass is 16.5. The van der Waals surface area contributed by atoms with Gasteiger partial charge in [0, 0.05) is 0 Å². The largest absolute Gasteiger partial charge is 0.504 e. The number of hydrazone groups is 1. The van der Waals surface area contributed by atoms with E-state index in [9.17, 15) is 19.5 Å². The van der Waals surface area contributed by atoms with Crippen LogP contribution >= 0.6 is 0 Å². The van der Waals surface area contributed by atoms with Crippen LogP contribution in [0.1, 0.15) is 11.3 Å². The summed E-state index contributed by atoms with van der Waals surface area (Å²) in [5.41, 5.74) is 1.17. The lowest BCUT2D eigenvalue weighted by Gasteiger charge is -2.03. The molecule has 10 heteroatoms. The van der Waals surface area contributed by atoms with Gasteiger partial charge in [0.2, 0.25) is 5.91 Å². The van der Waals surface area contributed by atoms with Gasteiger partial charge in [0.15, 0.2) is 11.5 Å². The number of aromatic amines is 2. The van der Waals surface area contributed by atoms with Crippen molar-refractivity contribution in [2.45, 2.75) is 6.42 Å². The van der Waals surface area contributed by atoms with E-state index < -0.39 is 17.2 Å². The second-order valence-corrected chi connectivity index (χ2v) is 4.35. The fourth-order valence-electron chi connectivity index (χ4n) is 1.64. The Labute approximate surface area is 128 Å². The summed E-state index contributed by atoms with van der Waals surface area (Å²) in [6.07, 6.45) is 0.993. The average Bonchev–Trinajstić information content (AvgIpc) is 2.52. The molecule has 2 rings (SSSR count). The zero-order valence-electron chi connectivity index (χ0n) is 12.0. The first kappa shape index (κ1) is 15.9. The molecule has 0 bridgehead atoms. The van der Waals surface area contributed by atoms with Crippen LogP contribution in [0.2, 0.25) is 0 Å². The maximum absolute atomic E-state index is 11.6. The number of hydrogen-bond donors (Lipinski definition) is 4. The van der Waals surface area contributed by atoms with E-state index in [4.69, 9.17) is 4.74 Å². The van der Waals surface area contributed by atoms with E-state index in [1.807, 2.05) is 10.1 Å². The highest BCUT2D eigenvalue weighted by Crippen LogP contribution is 2.25. The van der Waals surface area contributed by atoms with E-state index in [0.717, 1.165) is 0 Å². The van der Waals surface area contributed by atoms with Crippen molar-refractivity contribution < 1.29 is 14.6 Å². The van der Waals surface area contributed by atoms with Gasteiger partial charge in [-0.3, -0.25) is 14.6 Å². The zero-order chi connectivity index (χ0) is 16.8. The van der Waals surface area contributed by atoms with Crippen LogP contribution in [0.15, 0.2) is 32.9 Å². The quantitative estimate of drug-likeness (QED) is 0.404. The number of phenolic OH excluding ortho intramolecular Hbond substituents is 1. The fourth-order valence-corrected chi connectivity index (χ4v) is 1.64. The lowest BCUT2D eigenvalue weighted by Crippen LogP contribution is -2.31. The number of nitrogens with zero attached hydrogens (tertiary/aromatic N) is 2. The molecule has 120 valence electrons. The van der Waals surface area contributed by atoms with Gasteiger partial charge in [-0.25, -0.2) is 15.3 Å². The van der Waals surface area contributed by atoms with Gasteiger partial charge in [0.05, 0.1) is 19.7 Å². The molecule has 0 aliphatic rings. The summed E-state index contributed by atoms with van der Waals surface area (Å²) in [4.78, 5) is 35.8. The van der Waals surface area contributed by atoms with Crippen molar-refractivity contribution in [1.29, 1.82) is 0 Å². The second-order valence-electron chi connectivity index (χ2n) is 4.35. The number of carbonyl (C=O) groups is 1. The molecule has 0 fully saturated rings. The SMILES string of the molecule is COc1cc(/C=N/NC(=O)Cc2n[nH]c(=O)[nH]c2=O)ccc1O. The van der Waals surface area contributed by atoms with Crippen molar-refractivity contribution in [2.24, 2.45) is 5.10 Å². The highest BCUT2D eigenvalue weighted by molar-refractivity contribution is 5.83. The number of ether oxygens (including phenoxy) is 1. The first-order chi connectivity index (χ1) is 11.0. The molecule has 23 heavy (non-hydrogen) atoms. The summed E-state index contributed by atoms with van der Waals surface area (Å²) in [5, 5.41) is 18.7. The number of methoxy groups -OCH3 is 1. The number of hydrogen-bond acceptors (Lipinski definition) is 7. The van der Waals surface area contributed by atoms with Gasteiger partial charge in [0.25, 0.3) is 5.56 Å². The molecular weight excluding hydrogens is 306 g/mol. The Kier molecular flexibility index (Phi) is 4.87. The third-order valence-corrected chi connectivity index (χ3v) is 2.72. The number of amides is 1. The summed E-state index contributed by atoms with van der Waals surface area (Å²) >= 11 is 0. The van der Waals surface area contributed by atoms with Crippen LogP contribution in [0.4, 0.5) is 0 Å². The molecule has 10 nitrogen and oxygen atoms in total. The Hall–Kier alpha value is -3.43. The van der Waals surface area contributed by atoms with Crippen LogP contribution in [0.3, 0.4) is 0 Å². The van der Waals surface area contributed by atoms with Gasteiger partial charge >= 0.3 is 5.69 Å². The summed E-state index contributed by atoms with van der Waals surface area (Å²) in [7, 11) is 1.41. The maximum atomic E-state index is 11.6. The van der Waals surface area contributed by atoms with E-state index in [1.165, 1.54) is 25.5 Å². The number of rotatable bonds is 5. The molecule has 2 aromatic rings. The molecule has 0 radical (unpaired) electrons. The highest BCUT2D eigenvalue weighted by Gasteiger charge is 2.08. The first-order valence-corrected chi connectivity index (χ1v) is 6.36. The van der Waals surface area contributed by atoms with Crippen molar-refractivity contribution in [3.8, 4) is 11.5 Å². The predicted molar refractivity (Wildman–Crippen MR) is 79.6 cm³/mol. The Morgan fingerprint density at radius 2 is 2.26 bits per heavy atom. The van der Waals surface area contributed by atoms with E-state index in [-0.39, 0.29) is 23.6 Å². The molecule has 0 unspecified atom stereocenters. The Morgan fingerprint density at radius 1 is 1.48 bits per heavy atom. The normalized spacial score (nSPS) is 10.7. The maximum Gasteiger partial charge on any atom is 0.342 e. The Morgan fingerprint density at radius 3 is 2.96 bits per heavy atom. The molecule has 0 spiro atoms. The van der Waals surface area contributed by atoms with Crippen LogP contribution in [0, 0.1) is 0 Å². The van der Waals surface area contributed by atoms with Crippen molar-refractivity contribution in [3.63, 3.8) is 0 Å². The summed E-state index contributed by atoms with van der Waals surface area (Å²) < 4.78 is 4.94. The van der Waals surface area contributed by atoms with E-state index in [2.05, 4.69) is 15.6 Å². The number of benzene rings is 1. The van der Waals surface area contributed by atoms with Gasteiger partial charge in [0.1, 0.15) is 5.69 Å². The second kappa shape index (κ2) is 7.02. The smallest absolute Gasteiger partial charge is 0.342 e. The molecular formula is C13H13N5O5. The Bertz CT molecular complexity index is 854. The Balaban J connectivity index is 1.98. The van der Waals surface area contributed by atoms with E-state index in [1.54, 1.807) is 6.07 Å². The lowest BCUT2D eigenvalue weighted by atomic mass is 10.2. The van der Waals surface area contributed by atoms with E-state index >= 15 is 0 Å². The monoisotopic (exact) mass is 319 g/mol. The van der Waals surface area contributed by atoms with Crippen molar-refractivity contribution in [1.82, 2.24) is 20.6 Å². The van der Waals surface area contributed by atoms with Gasteiger partial charge < -0.3 is 9.84 Å². The van der Waals surface area contributed by atoms with Crippen LogP contribution < -0.4 is 21.4 Å². The van der Waals surface area contributed by atoms with Crippen molar-refractivity contribution in [2.75, 3.05) is 7.11 Å². The van der Waals surface area contributed by atoms with Gasteiger partial charge in [-0.1, -0.05) is 0 Å². The summed E-state index contributed by atoms with van der Waals surface area (Å²) in [6.45, 7) is 0. The minimum absolute atomic E-state index is 0.0166. The molecule has 1 aromatic carbocycles. The van der Waals surface area contributed by atoms with Crippen LogP contribution in [0.5, 0.6) is 11.5 Å². The van der Waals surface area contributed by atoms with Gasteiger partial charge in [-0.15, -0.1) is 0 Å². The molecule has 0 aliphatic carbocycles. The van der Waals surface area contributed by atoms with Gasteiger partial charge in [-0.05, 0) is 23.8 Å². The number of carbonyl (C=O) groups excluding carboxylic acids is 1. The predicted octanol–water partition coefficient (Wildman–Crippen LogP) is -1.13. The molecule has 0 saturated carbocycles. The minimum atomic E-state index is -0.751. The number of H-pyrrole nitrogens is 2. The molecule has 4 N–H and O–H groups in total. The third kappa shape index (κ3) is 4.27. The van der Waals surface area contributed by atoms with Gasteiger partial charge in [-0.2, -0.15) is 10.2 Å². The molecule has 0 aliphatic heterocycles. The average molecular weight is 319 g/mol. The van der Waals surface area contributed by atoms with E-state index in [0.29, 0.717) is 5.56 Å². The van der Waals surface area contributed by atoms with Crippen LogP contribution in [-0.2, 0) is 11.2 Å². The molecule has 1 amide bonds. The summed E-state index contributed by atoms with van der Waals surface area (Å²) in [6, 6.07) is 4.52. The molecule has 0 atom stereocenters. The first-order valence-electron chi connectivity index (χ1n) is 6.36. The number of phenols is 1. The number of aromatic nitrogens is 3. The molecule has 1 heterocycles. The number of aromatic hydroxyl groups is 1. The number of nitrogens with one attached hydrogen (secondary N) is 3.